The van der Waals surface area contributed by atoms with E-state index in [4.69, 9.17) is 24.0 Å². The van der Waals surface area contributed by atoms with E-state index in [0.717, 1.165) is 48.5 Å². The average molecular weight is 396 g/mol. The maximum atomic E-state index is 5.85. The molecule has 2 fully saturated rings. The fourth-order valence-electron chi connectivity index (χ4n) is 4.13. The van der Waals surface area contributed by atoms with Crippen LogP contribution in [-0.2, 0) is 9.47 Å². The van der Waals surface area contributed by atoms with Gasteiger partial charge in [0.2, 0.25) is 0 Å². The van der Waals surface area contributed by atoms with Gasteiger partial charge in [0.05, 0.1) is 33.1 Å². The van der Waals surface area contributed by atoms with Gasteiger partial charge in [-0.25, -0.2) is 9.50 Å². The molecule has 0 radical (unpaired) electrons. The van der Waals surface area contributed by atoms with Crippen molar-refractivity contribution in [2.75, 3.05) is 45.4 Å². The maximum absolute atomic E-state index is 5.85. The smallest absolute Gasteiger partial charge is 0.171 e. The maximum Gasteiger partial charge on any atom is 0.171 e. The number of fused-ring (bicyclic) bond motifs is 1. The van der Waals surface area contributed by atoms with Crippen molar-refractivity contribution in [2.45, 2.75) is 18.6 Å². The number of rotatable bonds is 4. The molecule has 0 N–H and O–H groups in total. The lowest BCUT2D eigenvalue weighted by Crippen LogP contribution is -2.45. The average Bonchev–Trinajstić information content (AvgIpc) is 3.41. The Morgan fingerprint density at radius 1 is 1.00 bits per heavy atom. The number of aromatic nitrogens is 3. The van der Waals surface area contributed by atoms with Crippen molar-refractivity contribution in [2.24, 2.45) is 0 Å². The zero-order valence-corrected chi connectivity index (χ0v) is 16.6. The van der Waals surface area contributed by atoms with E-state index in [1.165, 1.54) is 0 Å². The van der Waals surface area contributed by atoms with Crippen LogP contribution in [0.25, 0.3) is 16.8 Å². The molecule has 2 aromatic heterocycles. The van der Waals surface area contributed by atoms with Crippen molar-refractivity contribution in [1.82, 2.24) is 14.6 Å². The highest BCUT2D eigenvalue weighted by atomic mass is 16.7. The SMILES string of the molecule is COc1ccc(-c2cc3c(N4CCC5(CC4)OCCO5)nccn3n2)cc1OC. The molecule has 3 aromatic rings. The Hall–Kier alpha value is -2.84. The largest absolute Gasteiger partial charge is 0.493 e. The molecular weight excluding hydrogens is 372 g/mol. The third-order valence-corrected chi connectivity index (χ3v) is 5.69. The Kier molecular flexibility index (Phi) is 4.52. The molecular formula is C21H24N4O4. The zero-order chi connectivity index (χ0) is 19.8. The normalized spacial score (nSPS) is 18.5. The Bertz CT molecular complexity index is 1020. The highest BCUT2D eigenvalue weighted by Crippen LogP contribution is 2.35. The number of hydrogen-bond donors (Lipinski definition) is 0. The minimum absolute atomic E-state index is 0.396. The molecule has 0 bridgehead atoms. The van der Waals surface area contributed by atoms with Gasteiger partial charge < -0.3 is 23.8 Å². The lowest BCUT2D eigenvalue weighted by molar-refractivity contribution is -0.169. The summed E-state index contributed by atoms with van der Waals surface area (Å²) < 4.78 is 24.3. The van der Waals surface area contributed by atoms with Crippen LogP contribution in [0.5, 0.6) is 11.5 Å². The van der Waals surface area contributed by atoms with Crippen molar-refractivity contribution in [3.63, 3.8) is 0 Å². The lowest BCUT2D eigenvalue weighted by Gasteiger charge is -2.38. The highest BCUT2D eigenvalue weighted by Gasteiger charge is 2.40. The minimum atomic E-state index is -0.396. The van der Waals surface area contributed by atoms with Gasteiger partial charge in [-0.2, -0.15) is 5.10 Å². The van der Waals surface area contributed by atoms with E-state index < -0.39 is 5.79 Å². The third kappa shape index (κ3) is 3.18. The quantitative estimate of drug-likeness (QED) is 0.672. The summed E-state index contributed by atoms with van der Waals surface area (Å²) in [7, 11) is 3.26. The molecule has 29 heavy (non-hydrogen) atoms. The summed E-state index contributed by atoms with van der Waals surface area (Å²) in [6.07, 6.45) is 5.34. The molecule has 0 aliphatic carbocycles. The van der Waals surface area contributed by atoms with Gasteiger partial charge >= 0.3 is 0 Å². The van der Waals surface area contributed by atoms with Gasteiger partial charge in [0, 0.05) is 43.9 Å². The van der Waals surface area contributed by atoms with Gasteiger partial charge in [-0.1, -0.05) is 0 Å². The summed E-state index contributed by atoms with van der Waals surface area (Å²) in [6.45, 7) is 3.05. The Morgan fingerprint density at radius 2 is 1.76 bits per heavy atom. The molecule has 2 aliphatic rings. The third-order valence-electron chi connectivity index (χ3n) is 5.69. The Labute approximate surface area is 169 Å². The number of piperidine rings is 1. The second-order valence-corrected chi connectivity index (χ2v) is 7.27. The van der Waals surface area contributed by atoms with Crippen molar-refractivity contribution < 1.29 is 18.9 Å². The van der Waals surface area contributed by atoms with Crippen molar-refractivity contribution in [1.29, 1.82) is 0 Å². The first-order chi connectivity index (χ1) is 14.2. The minimum Gasteiger partial charge on any atom is -0.493 e. The van der Waals surface area contributed by atoms with Crippen LogP contribution in [-0.4, -0.2) is 60.9 Å². The summed E-state index contributed by atoms with van der Waals surface area (Å²) in [4.78, 5) is 6.94. The molecule has 8 nitrogen and oxygen atoms in total. The van der Waals surface area contributed by atoms with Crippen LogP contribution in [0, 0.1) is 0 Å². The highest BCUT2D eigenvalue weighted by molar-refractivity contribution is 5.76. The van der Waals surface area contributed by atoms with Gasteiger partial charge in [0.25, 0.3) is 0 Å². The number of nitrogens with zero attached hydrogens (tertiary/aromatic N) is 4. The summed E-state index contributed by atoms with van der Waals surface area (Å²) in [5.74, 6) is 1.91. The van der Waals surface area contributed by atoms with Crippen LogP contribution >= 0.6 is 0 Å². The van der Waals surface area contributed by atoms with E-state index in [-0.39, 0.29) is 0 Å². The monoisotopic (exact) mass is 396 g/mol. The summed E-state index contributed by atoms with van der Waals surface area (Å²) >= 11 is 0. The first-order valence-corrected chi connectivity index (χ1v) is 9.81. The van der Waals surface area contributed by atoms with Crippen molar-refractivity contribution in [3.05, 3.63) is 36.7 Å². The van der Waals surface area contributed by atoms with Crippen molar-refractivity contribution in [3.8, 4) is 22.8 Å². The van der Waals surface area contributed by atoms with Crippen LogP contribution in [0.1, 0.15) is 12.8 Å². The molecule has 1 spiro atoms. The molecule has 0 amide bonds. The van der Waals surface area contributed by atoms with E-state index in [2.05, 4.69) is 16.0 Å². The topological polar surface area (TPSA) is 70.4 Å². The molecule has 152 valence electrons. The van der Waals surface area contributed by atoms with Gasteiger partial charge in [-0.3, -0.25) is 0 Å². The van der Waals surface area contributed by atoms with Crippen LogP contribution in [0.3, 0.4) is 0 Å². The number of ether oxygens (including phenoxy) is 4. The second kappa shape index (κ2) is 7.20. The number of anilines is 1. The molecule has 0 atom stereocenters. The fraction of sp³-hybridized carbons (Fsp3) is 0.429. The summed E-state index contributed by atoms with van der Waals surface area (Å²) in [5.41, 5.74) is 2.79. The number of hydrogen-bond acceptors (Lipinski definition) is 7. The van der Waals surface area contributed by atoms with E-state index in [1.54, 1.807) is 20.4 Å². The molecule has 0 unspecified atom stereocenters. The molecule has 5 rings (SSSR count). The van der Waals surface area contributed by atoms with Gasteiger partial charge in [0.1, 0.15) is 5.52 Å². The van der Waals surface area contributed by atoms with Crippen molar-refractivity contribution >= 4 is 11.3 Å². The van der Waals surface area contributed by atoms with E-state index in [9.17, 15) is 0 Å². The van der Waals surface area contributed by atoms with Crippen LogP contribution in [0.2, 0.25) is 0 Å². The second-order valence-electron chi connectivity index (χ2n) is 7.27. The predicted octanol–water partition coefficient (Wildman–Crippen LogP) is 2.76. The van der Waals surface area contributed by atoms with Gasteiger partial charge in [-0.15, -0.1) is 0 Å². The number of benzene rings is 1. The standard InChI is InChI=1S/C21H24N4O4/c1-26-18-4-3-15(13-19(18)27-2)16-14-17-20(22-7-10-25(17)23-16)24-8-5-21(6-9-24)28-11-12-29-21/h3-4,7,10,13-14H,5-6,8-9,11-12H2,1-2H3. The molecule has 0 saturated carbocycles. The first-order valence-electron chi connectivity index (χ1n) is 9.81. The molecule has 2 saturated heterocycles. The fourth-order valence-corrected chi connectivity index (χ4v) is 4.13. The predicted molar refractivity (Wildman–Crippen MR) is 108 cm³/mol. The zero-order valence-electron chi connectivity index (χ0n) is 16.6. The van der Waals surface area contributed by atoms with Gasteiger partial charge in [-0.05, 0) is 24.3 Å². The molecule has 2 aliphatic heterocycles. The van der Waals surface area contributed by atoms with Crippen LogP contribution < -0.4 is 14.4 Å². The van der Waals surface area contributed by atoms with Crippen LogP contribution in [0.4, 0.5) is 5.82 Å². The molecule has 4 heterocycles. The molecule has 8 heteroatoms. The Morgan fingerprint density at radius 3 is 2.48 bits per heavy atom. The van der Waals surface area contributed by atoms with E-state index in [0.29, 0.717) is 24.7 Å². The Balaban J connectivity index is 1.46. The van der Waals surface area contributed by atoms with Gasteiger partial charge in [0.15, 0.2) is 23.1 Å². The summed E-state index contributed by atoms with van der Waals surface area (Å²) in [6, 6.07) is 7.88. The number of methoxy groups -OCH3 is 2. The van der Waals surface area contributed by atoms with E-state index in [1.807, 2.05) is 28.9 Å². The van der Waals surface area contributed by atoms with E-state index >= 15 is 0 Å². The summed E-state index contributed by atoms with van der Waals surface area (Å²) in [5, 5.41) is 4.74. The molecule has 1 aromatic carbocycles. The first kappa shape index (κ1) is 18.2. The van der Waals surface area contributed by atoms with Crippen LogP contribution in [0.15, 0.2) is 36.7 Å². The lowest BCUT2D eigenvalue weighted by atomic mass is 10.0.